The molecule has 1 amide bonds. The second kappa shape index (κ2) is 5.77. The van der Waals surface area contributed by atoms with E-state index >= 15 is 0 Å². The number of amides is 1. The number of nitrogens with zero attached hydrogens (tertiary/aromatic N) is 1. The van der Waals surface area contributed by atoms with Gasteiger partial charge in [0.2, 0.25) is 5.91 Å². The number of ether oxygens (including phenoxy) is 1. The van der Waals surface area contributed by atoms with E-state index in [0.29, 0.717) is 26.3 Å². The van der Waals surface area contributed by atoms with Crippen molar-refractivity contribution in [2.75, 3.05) is 32.8 Å². The van der Waals surface area contributed by atoms with Crippen LogP contribution in [0.25, 0.3) is 0 Å². The van der Waals surface area contributed by atoms with Gasteiger partial charge in [0.1, 0.15) is 5.60 Å². The average Bonchev–Trinajstić information content (AvgIpc) is 2.79. The molecule has 2 aliphatic heterocycles. The summed E-state index contributed by atoms with van der Waals surface area (Å²) in [4.78, 5) is 14.2. The number of nitrogens with one attached hydrogen (secondary N) is 1. The van der Waals surface area contributed by atoms with Gasteiger partial charge in [-0.25, -0.2) is 0 Å². The first-order valence-electron chi connectivity index (χ1n) is 7.30. The summed E-state index contributed by atoms with van der Waals surface area (Å²) >= 11 is 0. The molecule has 0 aliphatic carbocycles. The number of carbonyl (C=O) groups excluding carboxylic acids is 1. The topological polar surface area (TPSA) is 61.8 Å². The van der Waals surface area contributed by atoms with Crippen molar-refractivity contribution in [3.63, 3.8) is 0 Å². The summed E-state index contributed by atoms with van der Waals surface area (Å²) in [5, 5.41) is 13.6. The van der Waals surface area contributed by atoms with Crippen LogP contribution in [0.1, 0.15) is 27.2 Å². The molecule has 5 heteroatoms. The van der Waals surface area contributed by atoms with Crippen molar-refractivity contribution in [3.05, 3.63) is 0 Å². The minimum Gasteiger partial charge on any atom is -0.386 e. The Morgan fingerprint density at radius 1 is 1.47 bits per heavy atom. The Morgan fingerprint density at radius 2 is 2.16 bits per heavy atom. The molecule has 0 spiro atoms. The van der Waals surface area contributed by atoms with Gasteiger partial charge in [0.25, 0.3) is 0 Å². The van der Waals surface area contributed by atoms with Crippen molar-refractivity contribution >= 4 is 5.91 Å². The van der Waals surface area contributed by atoms with Crippen LogP contribution in [0, 0.1) is 11.8 Å². The standard InChI is InChI=1S/C14H26N2O3/c1-4-5-15-12-7-19-6-11(12)13(17)16-8-14(18,9-16)10(2)3/h10-12,15,18H,4-9H2,1-3H3. The maximum absolute atomic E-state index is 12.4. The van der Waals surface area contributed by atoms with Crippen LogP contribution in [0.2, 0.25) is 0 Å². The van der Waals surface area contributed by atoms with Crippen LogP contribution in [0.15, 0.2) is 0 Å². The zero-order chi connectivity index (χ0) is 14.0. The molecule has 110 valence electrons. The molecular formula is C14H26N2O3. The largest absolute Gasteiger partial charge is 0.386 e. The summed E-state index contributed by atoms with van der Waals surface area (Å²) in [6.07, 6.45) is 1.05. The van der Waals surface area contributed by atoms with E-state index in [9.17, 15) is 9.90 Å². The van der Waals surface area contributed by atoms with E-state index in [-0.39, 0.29) is 23.8 Å². The van der Waals surface area contributed by atoms with Gasteiger partial charge in [-0.05, 0) is 18.9 Å². The Labute approximate surface area is 115 Å². The molecule has 0 aromatic carbocycles. The SMILES string of the molecule is CCCNC1COCC1C(=O)N1CC(O)(C(C)C)C1. The van der Waals surface area contributed by atoms with E-state index in [1.54, 1.807) is 4.90 Å². The predicted molar refractivity (Wildman–Crippen MR) is 72.8 cm³/mol. The highest BCUT2D eigenvalue weighted by Gasteiger charge is 2.48. The molecule has 2 heterocycles. The van der Waals surface area contributed by atoms with E-state index in [1.165, 1.54) is 0 Å². The van der Waals surface area contributed by atoms with Crippen molar-refractivity contribution in [2.24, 2.45) is 11.8 Å². The normalized spacial score (nSPS) is 29.6. The summed E-state index contributed by atoms with van der Waals surface area (Å²) in [5.41, 5.74) is -0.693. The van der Waals surface area contributed by atoms with Crippen LogP contribution < -0.4 is 5.32 Å². The summed E-state index contributed by atoms with van der Waals surface area (Å²) in [6.45, 7) is 9.03. The highest BCUT2D eigenvalue weighted by Crippen LogP contribution is 2.31. The molecular weight excluding hydrogens is 244 g/mol. The Bertz CT molecular complexity index is 327. The third-order valence-electron chi connectivity index (χ3n) is 4.37. The Kier molecular flexibility index (Phi) is 4.48. The fourth-order valence-electron chi connectivity index (χ4n) is 2.70. The van der Waals surface area contributed by atoms with Crippen molar-refractivity contribution < 1.29 is 14.6 Å². The number of hydrogen-bond donors (Lipinski definition) is 2. The second-order valence-electron chi connectivity index (χ2n) is 6.16. The van der Waals surface area contributed by atoms with Crippen molar-refractivity contribution in [3.8, 4) is 0 Å². The van der Waals surface area contributed by atoms with Crippen LogP contribution in [-0.2, 0) is 9.53 Å². The van der Waals surface area contributed by atoms with E-state index in [4.69, 9.17) is 4.74 Å². The fraction of sp³-hybridized carbons (Fsp3) is 0.929. The van der Waals surface area contributed by atoms with Crippen LogP contribution in [-0.4, -0.2) is 60.4 Å². The lowest BCUT2D eigenvalue weighted by molar-refractivity contribution is -0.168. The van der Waals surface area contributed by atoms with Crippen molar-refractivity contribution in [1.29, 1.82) is 0 Å². The van der Waals surface area contributed by atoms with E-state index in [1.807, 2.05) is 13.8 Å². The maximum atomic E-state index is 12.4. The van der Waals surface area contributed by atoms with Gasteiger partial charge in [-0.2, -0.15) is 0 Å². The molecule has 2 rings (SSSR count). The fourth-order valence-corrected chi connectivity index (χ4v) is 2.70. The van der Waals surface area contributed by atoms with E-state index < -0.39 is 5.60 Å². The molecule has 5 nitrogen and oxygen atoms in total. The lowest BCUT2D eigenvalue weighted by Gasteiger charge is -2.50. The number of β-amino-alcohol motifs (C(OH)–C–C–N with tert-alkyl or cyclic N) is 1. The molecule has 0 radical (unpaired) electrons. The second-order valence-corrected chi connectivity index (χ2v) is 6.16. The van der Waals surface area contributed by atoms with Crippen LogP contribution in [0.3, 0.4) is 0 Å². The third-order valence-corrected chi connectivity index (χ3v) is 4.37. The zero-order valence-electron chi connectivity index (χ0n) is 12.2. The van der Waals surface area contributed by atoms with Gasteiger partial charge in [-0.15, -0.1) is 0 Å². The third kappa shape index (κ3) is 2.93. The average molecular weight is 270 g/mol. The molecule has 2 saturated heterocycles. The quantitative estimate of drug-likeness (QED) is 0.751. The zero-order valence-corrected chi connectivity index (χ0v) is 12.2. The monoisotopic (exact) mass is 270 g/mol. The first-order chi connectivity index (χ1) is 8.98. The maximum Gasteiger partial charge on any atom is 0.229 e. The summed E-state index contributed by atoms with van der Waals surface area (Å²) in [7, 11) is 0. The molecule has 2 unspecified atom stereocenters. The Balaban J connectivity index is 1.87. The number of hydrogen-bond acceptors (Lipinski definition) is 4. The van der Waals surface area contributed by atoms with Crippen LogP contribution in [0.5, 0.6) is 0 Å². The first kappa shape index (κ1) is 14.8. The molecule has 0 saturated carbocycles. The van der Waals surface area contributed by atoms with Crippen molar-refractivity contribution in [1.82, 2.24) is 10.2 Å². The van der Waals surface area contributed by atoms with Gasteiger partial charge in [-0.1, -0.05) is 20.8 Å². The molecule has 19 heavy (non-hydrogen) atoms. The van der Waals surface area contributed by atoms with Gasteiger partial charge in [0.15, 0.2) is 0 Å². The smallest absolute Gasteiger partial charge is 0.229 e. The summed E-state index contributed by atoms with van der Waals surface area (Å²) in [6, 6.07) is 0.125. The van der Waals surface area contributed by atoms with Gasteiger partial charge < -0.3 is 20.1 Å². The highest BCUT2D eigenvalue weighted by molar-refractivity contribution is 5.81. The lowest BCUT2D eigenvalue weighted by Crippen LogP contribution is -2.67. The van der Waals surface area contributed by atoms with E-state index in [0.717, 1.165) is 13.0 Å². The summed E-state index contributed by atoms with van der Waals surface area (Å²) < 4.78 is 5.43. The summed E-state index contributed by atoms with van der Waals surface area (Å²) in [5.74, 6) is 0.213. The number of rotatable bonds is 5. The van der Waals surface area contributed by atoms with Crippen LogP contribution >= 0.6 is 0 Å². The van der Waals surface area contributed by atoms with Gasteiger partial charge in [-0.3, -0.25) is 4.79 Å². The Hall–Kier alpha value is -0.650. The molecule has 2 N–H and O–H groups in total. The minimum absolute atomic E-state index is 0.0942. The van der Waals surface area contributed by atoms with Crippen molar-refractivity contribution in [2.45, 2.75) is 38.8 Å². The van der Waals surface area contributed by atoms with Gasteiger partial charge in [0.05, 0.1) is 32.2 Å². The molecule has 2 atom stereocenters. The molecule has 0 aromatic heterocycles. The van der Waals surface area contributed by atoms with Gasteiger partial charge in [0, 0.05) is 6.04 Å². The predicted octanol–water partition coefficient (Wildman–Crippen LogP) is 0.230. The van der Waals surface area contributed by atoms with E-state index in [2.05, 4.69) is 12.2 Å². The lowest BCUT2D eigenvalue weighted by atomic mass is 9.82. The highest BCUT2D eigenvalue weighted by atomic mass is 16.5. The Morgan fingerprint density at radius 3 is 2.74 bits per heavy atom. The number of carbonyl (C=O) groups is 1. The van der Waals surface area contributed by atoms with Crippen LogP contribution in [0.4, 0.5) is 0 Å². The number of aliphatic hydroxyl groups is 1. The molecule has 2 aliphatic rings. The molecule has 0 aromatic rings. The molecule has 0 bridgehead atoms. The first-order valence-corrected chi connectivity index (χ1v) is 7.30. The number of likely N-dealkylation sites (tertiary alicyclic amines) is 1. The van der Waals surface area contributed by atoms with Gasteiger partial charge >= 0.3 is 0 Å². The molecule has 2 fully saturated rings. The minimum atomic E-state index is -0.693.